The summed E-state index contributed by atoms with van der Waals surface area (Å²) < 4.78 is 5.01. The van der Waals surface area contributed by atoms with Crippen molar-refractivity contribution in [3.63, 3.8) is 0 Å². The summed E-state index contributed by atoms with van der Waals surface area (Å²) in [7, 11) is 4.98. The van der Waals surface area contributed by atoms with Gasteiger partial charge >= 0.3 is 0 Å². The maximum atomic E-state index is 12.4. The first kappa shape index (κ1) is 15.9. The van der Waals surface area contributed by atoms with Crippen molar-refractivity contribution >= 4 is 11.8 Å². The summed E-state index contributed by atoms with van der Waals surface area (Å²) in [5.41, 5.74) is 0. The van der Waals surface area contributed by atoms with E-state index in [4.69, 9.17) is 4.74 Å². The molecule has 19 heavy (non-hydrogen) atoms. The lowest BCUT2D eigenvalue weighted by molar-refractivity contribution is -0.141. The summed E-state index contributed by atoms with van der Waals surface area (Å²) in [5, 5.41) is 3.22. The van der Waals surface area contributed by atoms with Crippen LogP contribution in [0.4, 0.5) is 0 Å². The van der Waals surface area contributed by atoms with Gasteiger partial charge < -0.3 is 19.9 Å². The van der Waals surface area contributed by atoms with Crippen LogP contribution in [0.25, 0.3) is 0 Å². The van der Waals surface area contributed by atoms with Crippen LogP contribution < -0.4 is 5.32 Å². The van der Waals surface area contributed by atoms with Crippen LogP contribution in [0.1, 0.15) is 19.3 Å². The van der Waals surface area contributed by atoms with Crippen molar-refractivity contribution in [1.82, 2.24) is 15.1 Å². The van der Waals surface area contributed by atoms with E-state index in [1.165, 1.54) is 4.90 Å². The minimum Gasteiger partial charge on any atom is -0.383 e. The Kier molecular flexibility index (Phi) is 6.80. The van der Waals surface area contributed by atoms with E-state index in [-0.39, 0.29) is 24.4 Å². The van der Waals surface area contributed by atoms with Gasteiger partial charge in [-0.15, -0.1) is 0 Å². The monoisotopic (exact) mass is 271 g/mol. The second-order valence-electron chi connectivity index (χ2n) is 5.04. The molecule has 1 aliphatic rings. The van der Waals surface area contributed by atoms with Gasteiger partial charge in [0.2, 0.25) is 11.8 Å². The van der Waals surface area contributed by atoms with Crippen molar-refractivity contribution < 1.29 is 14.3 Å². The molecular weight excluding hydrogens is 246 g/mol. The fraction of sp³-hybridized carbons (Fsp3) is 0.846. The fourth-order valence-corrected chi connectivity index (χ4v) is 2.06. The highest BCUT2D eigenvalue weighted by atomic mass is 16.5. The van der Waals surface area contributed by atoms with E-state index in [0.717, 1.165) is 25.8 Å². The normalized spacial score (nSPS) is 19.0. The molecule has 0 aromatic heterocycles. The molecule has 0 aliphatic carbocycles. The average Bonchev–Trinajstić information content (AvgIpc) is 2.43. The molecule has 110 valence electrons. The summed E-state index contributed by atoms with van der Waals surface area (Å²) in [5.74, 6) is -0.0628. The number of likely N-dealkylation sites (N-methyl/N-ethyl adjacent to an activating group) is 1. The third-order valence-electron chi connectivity index (χ3n) is 3.31. The first-order chi connectivity index (χ1) is 9.06. The van der Waals surface area contributed by atoms with E-state index in [1.807, 2.05) is 0 Å². The lowest BCUT2D eigenvalue weighted by atomic mass is 10.0. The Bertz CT molecular complexity index is 302. The van der Waals surface area contributed by atoms with Gasteiger partial charge in [-0.3, -0.25) is 9.59 Å². The maximum absolute atomic E-state index is 12.4. The molecule has 0 unspecified atom stereocenters. The third kappa shape index (κ3) is 5.16. The number of carbonyl (C=O) groups excluding carboxylic acids is 2. The zero-order valence-corrected chi connectivity index (χ0v) is 12.1. The number of nitrogens with zero attached hydrogens (tertiary/aromatic N) is 2. The van der Waals surface area contributed by atoms with Crippen molar-refractivity contribution in [3.05, 3.63) is 0 Å². The smallest absolute Gasteiger partial charge is 0.241 e. The van der Waals surface area contributed by atoms with E-state index in [2.05, 4.69) is 5.32 Å². The number of hydrogen-bond donors (Lipinski definition) is 1. The molecule has 1 N–H and O–H groups in total. The summed E-state index contributed by atoms with van der Waals surface area (Å²) in [6, 6.07) is -0.152. The number of hydrogen-bond acceptors (Lipinski definition) is 4. The first-order valence-electron chi connectivity index (χ1n) is 6.77. The molecule has 1 rings (SSSR count). The van der Waals surface area contributed by atoms with Crippen LogP contribution in [0.15, 0.2) is 0 Å². The molecule has 0 radical (unpaired) electrons. The topological polar surface area (TPSA) is 61.9 Å². The Morgan fingerprint density at radius 3 is 2.58 bits per heavy atom. The number of nitrogens with one attached hydrogen (secondary N) is 1. The number of amides is 2. The molecule has 0 aromatic carbocycles. The molecule has 0 spiro atoms. The van der Waals surface area contributed by atoms with Gasteiger partial charge in [0.15, 0.2) is 0 Å². The highest BCUT2D eigenvalue weighted by molar-refractivity contribution is 5.87. The summed E-state index contributed by atoms with van der Waals surface area (Å²) in [6.45, 7) is 1.88. The van der Waals surface area contributed by atoms with Gasteiger partial charge in [0.25, 0.3) is 0 Å². The molecule has 1 atom stereocenters. The molecule has 1 heterocycles. The minimum absolute atomic E-state index is 0.00644. The van der Waals surface area contributed by atoms with Gasteiger partial charge in [0.1, 0.15) is 0 Å². The standard InChI is InChI=1S/C13H25N3O3/c1-15(2)12(17)10-16(8-9-19-3)13(18)11-6-4-5-7-14-11/h11,14H,4-10H2,1-3H3/t11-/m1/s1. The quantitative estimate of drug-likeness (QED) is 0.720. The second-order valence-corrected chi connectivity index (χ2v) is 5.04. The largest absolute Gasteiger partial charge is 0.383 e. The molecule has 1 fully saturated rings. The molecule has 1 saturated heterocycles. The zero-order valence-electron chi connectivity index (χ0n) is 12.1. The van der Waals surface area contributed by atoms with Crippen molar-refractivity contribution in [2.45, 2.75) is 25.3 Å². The highest BCUT2D eigenvalue weighted by Gasteiger charge is 2.27. The Balaban J connectivity index is 2.60. The zero-order chi connectivity index (χ0) is 14.3. The van der Waals surface area contributed by atoms with E-state index in [1.54, 1.807) is 26.1 Å². The van der Waals surface area contributed by atoms with Crippen molar-refractivity contribution in [3.8, 4) is 0 Å². The fourth-order valence-electron chi connectivity index (χ4n) is 2.06. The Morgan fingerprint density at radius 2 is 2.05 bits per heavy atom. The highest BCUT2D eigenvalue weighted by Crippen LogP contribution is 2.10. The van der Waals surface area contributed by atoms with Crippen LogP contribution in [0.2, 0.25) is 0 Å². The van der Waals surface area contributed by atoms with Gasteiger partial charge in [-0.1, -0.05) is 6.42 Å². The number of rotatable bonds is 6. The lowest BCUT2D eigenvalue weighted by Gasteiger charge is -2.30. The third-order valence-corrected chi connectivity index (χ3v) is 3.31. The molecule has 1 aliphatic heterocycles. The van der Waals surface area contributed by atoms with Crippen LogP contribution in [-0.2, 0) is 14.3 Å². The van der Waals surface area contributed by atoms with Crippen LogP contribution in [-0.4, -0.2) is 75.1 Å². The predicted molar refractivity (Wildman–Crippen MR) is 72.8 cm³/mol. The van der Waals surface area contributed by atoms with Crippen LogP contribution in [0, 0.1) is 0 Å². The van der Waals surface area contributed by atoms with E-state index >= 15 is 0 Å². The van der Waals surface area contributed by atoms with E-state index < -0.39 is 0 Å². The van der Waals surface area contributed by atoms with E-state index in [0.29, 0.717) is 13.2 Å². The Hall–Kier alpha value is -1.14. The van der Waals surface area contributed by atoms with Crippen molar-refractivity contribution in [2.24, 2.45) is 0 Å². The number of ether oxygens (including phenoxy) is 1. The van der Waals surface area contributed by atoms with Gasteiger partial charge in [-0.2, -0.15) is 0 Å². The first-order valence-corrected chi connectivity index (χ1v) is 6.77. The van der Waals surface area contributed by atoms with Crippen molar-refractivity contribution in [1.29, 1.82) is 0 Å². The van der Waals surface area contributed by atoms with Gasteiger partial charge in [0.05, 0.1) is 19.2 Å². The molecule has 0 saturated carbocycles. The molecule has 0 bridgehead atoms. The second kappa shape index (κ2) is 8.12. The van der Waals surface area contributed by atoms with Crippen LogP contribution in [0.3, 0.4) is 0 Å². The Morgan fingerprint density at radius 1 is 1.32 bits per heavy atom. The maximum Gasteiger partial charge on any atom is 0.241 e. The summed E-state index contributed by atoms with van der Waals surface area (Å²) >= 11 is 0. The van der Waals surface area contributed by atoms with Crippen LogP contribution in [0.5, 0.6) is 0 Å². The van der Waals surface area contributed by atoms with Gasteiger partial charge in [0, 0.05) is 27.7 Å². The molecule has 0 aromatic rings. The van der Waals surface area contributed by atoms with E-state index in [9.17, 15) is 9.59 Å². The molecule has 2 amide bonds. The molecular formula is C13H25N3O3. The number of methoxy groups -OCH3 is 1. The number of carbonyl (C=O) groups is 2. The minimum atomic E-state index is -0.152. The number of piperidine rings is 1. The lowest BCUT2D eigenvalue weighted by Crippen LogP contribution is -2.51. The van der Waals surface area contributed by atoms with Crippen LogP contribution >= 0.6 is 0 Å². The molecule has 6 heteroatoms. The summed E-state index contributed by atoms with van der Waals surface area (Å²) in [4.78, 5) is 27.3. The van der Waals surface area contributed by atoms with Gasteiger partial charge in [-0.25, -0.2) is 0 Å². The molecule has 6 nitrogen and oxygen atoms in total. The average molecular weight is 271 g/mol. The Labute approximate surface area is 115 Å². The summed E-state index contributed by atoms with van der Waals surface area (Å²) in [6.07, 6.45) is 3.01. The van der Waals surface area contributed by atoms with Crippen molar-refractivity contribution in [2.75, 3.05) is 47.4 Å². The SMILES string of the molecule is COCCN(CC(=O)N(C)C)C(=O)[C@H]1CCCCN1. The predicted octanol–water partition coefficient (Wildman–Crippen LogP) is -0.308. The van der Waals surface area contributed by atoms with Gasteiger partial charge in [-0.05, 0) is 19.4 Å².